The highest BCUT2D eigenvalue weighted by Gasteiger charge is 2.21. The molecule has 1 amide bonds. The van der Waals surface area contributed by atoms with Crippen LogP contribution in [0.2, 0.25) is 5.02 Å². The van der Waals surface area contributed by atoms with Crippen molar-refractivity contribution in [3.8, 4) is 0 Å². The van der Waals surface area contributed by atoms with Gasteiger partial charge in [0.25, 0.3) is 0 Å². The van der Waals surface area contributed by atoms with Crippen LogP contribution in [-0.2, 0) is 22.6 Å². The van der Waals surface area contributed by atoms with Crippen LogP contribution in [0, 0.1) is 13.8 Å². The number of rotatable bonds is 8. The lowest BCUT2D eigenvalue weighted by Crippen LogP contribution is -2.19. The Morgan fingerprint density at radius 3 is 3.00 bits per heavy atom. The smallest absolute Gasteiger partial charge is 0.235 e. The fourth-order valence-electron chi connectivity index (χ4n) is 3.62. The molecule has 0 aliphatic carbocycles. The van der Waals surface area contributed by atoms with Crippen molar-refractivity contribution < 1.29 is 9.53 Å². The van der Waals surface area contributed by atoms with Crippen LogP contribution < -0.4 is 5.32 Å². The first-order chi connectivity index (χ1) is 15.0. The quantitative estimate of drug-likeness (QED) is 0.508. The van der Waals surface area contributed by atoms with E-state index < -0.39 is 0 Å². The third kappa shape index (κ3) is 5.50. The molecule has 1 aliphatic heterocycles. The minimum atomic E-state index is -0.0974. The molecule has 1 aliphatic rings. The molecule has 2 aromatic heterocycles. The number of hydrogen-bond acceptors (Lipinski definition) is 5. The minimum absolute atomic E-state index is 0.0974. The second-order valence-corrected chi connectivity index (χ2v) is 9.03. The van der Waals surface area contributed by atoms with Crippen LogP contribution in [0.4, 0.5) is 5.82 Å². The summed E-state index contributed by atoms with van der Waals surface area (Å²) in [5.41, 5.74) is 3.13. The summed E-state index contributed by atoms with van der Waals surface area (Å²) in [6.45, 7) is 6.20. The number of ether oxygens (including phenoxy) is 1. The van der Waals surface area contributed by atoms with Gasteiger partial charge < -0.3 is 14.6 Å². The average Bonchev–Trinajstić information content (AvgIpc) is 3.46. The summed E-state index contributed by atoms with van der Waals surface area (Å²) >= 11 is 7.51. The Morgan fingerprint density at radius 2 is 2.23 bits per heavy atom. The molecule has 9 heteroatoms. The van der Waals surface area contributed by atoms with Gasteiger partial charge in [0.05, 0.1) is 36.8 Å². The number of benzene rings is 1. The average molecular weight is 460 g/mol. The summed E-state index contributed by atoms with van der Waals surface area (Å²) in [5.74, 6) is 0.824. The van der Waals surface area contributed by atoms with Crippen molar-refractivity contribution in [2.45, 2.75) is 51.0 Å². The van der Waals surface area contributed by atoms with Gasteiger partial charge in [-0.3, -0.25) is 4.79 Å². The molecule has 164 valence electrons. The molecule has 1 atom stereocenters. The topological polar surface area (TPSA) is 74.0 Å². The van der Waals surface area contributed by atoms with Gasteiger partial charge in [-0.2, -0.15) is 5.10 Å². The van der Waals surface area contributed by atoms with E-state index in [2.05, 4.69) is 26.9 Å². The fraction of sp³-hybridized carbons (Fsp3) is 0.409. The molecule has 0 saturated carbocycles. The van der Waals surface area contributed by atoms with Gasteiger partial charge in [0.2, 0.25) is 5.91 Å². The van der Waals surface area contributed by atoms with Crippen LogP contribution >= 0.6 is 23.4 Å². The van der Waals surface area contributed by atoms with Crippen LogP contribution in [0.25, 0.3) is 0 Å². The van der Waals surface area contributed by atoms with Crippen LogP contribution in [0.15, 0.2) is 41.7 Å². The third-order valence-electron chi connectivity index (χ3n) is 5.37. The predicted molar refractivity (Wildman–Crippen MR) is 123 cm³/mol. The molecule has 1 aromatic carbocycles. The number of imidazole rings is 1. The van der Waals surface area contributed by atoms with Gasteiger partial charge >= 0.3 is 0 Å². The number of carbonyl (C=O) groups is 1. The van der Waals surface area contributed by atoms with E-state index in [-0.39, 0.29) is 17.8 Å². The van der Waals surface area contributed by atoms with E-state index >= 15 is 0 Å². The molecule has 7 nitrogen and oxygen atoms in total. The lowest BCUT2D eigenvalue weighted by molar-refractivity contribution is -0.113. The molecule has 0 bridgehead atoms. The van der Waals surface area contributed by atoms with Gasteiger partial charge in [0, 0.05) is 23.4 Å². The van der Waals surface area contributed by atoms with Crippen molar-refractivity contribution in [1.82, 2.24) is 19.3 Å². The Hall–Kier alpha value is -2.29. The number of aromatic nitrogens is 4. The van der Waals surface area contributed by atoms with E-state index in [0.717, 1.165) is 48.1 Å². The number of amides is 1. The maximum atomic E-state index is 12.6. The first kappa shape index (κ1) is 21.9. The summed E-state index contributed by atoms with van der Waals surface area (Å²) in [5, 5.41) is 8.81. The SMILES string of the molecule is Cc1nc(SCC(=O)Nc2ccnn2Cc2cccc(Cl)c2)n(C[C@@H]2CCCO2)c1C. The maximum absolute atomic E-state index is 12.6. The van der Waals surface area contributed by atoms with Gasteiger partial charge in [-0.15, -0.1) is 0 Å². The van der Waals surface area contributed by atoms with Crippen molar-refractivity contribution in [2.24, 2.45) is 0 Å². The summed E-state index contributed by atoms with van der Waals surface area (Å²) in [7, 11) is 0. The highest BCUT2D eigenvalue weighted by atomic mass is 35.5. The second kappa shape index (κ2) is 9.89. The summed E-state index contributed by atoms with van der Waals surface area (Å²) in [6.07, 6.45) is 4.07. The molecule has 1 N–H and O–H groups in total. The minimum Gasteiger partial charge on any atom is -0.376 e. The standard InChI is InChI=1S/C22H26ClN5O2S/c1-15-16(2)27(13-19-7-4-10-30-19)22(25-15)31-14-21(29)26-20-8-9-24-28(20)12-17-5-3-6-18(23)11-17/h3,5-6,8-9,11,19H,4,7,10,12-14H2,1-2H3,(H,26,29)/t19-/m0/s1. The molecule has 3 heterocycles. The number of halogens is 1. The highest BCUT2D eigenvalue weighted by Crippen LogP contribution is 2.24. The van der Waals surface area contributed by atoms with Crippen LogP contribution in [0.1, 0.15) is 29.8 Å². The summed E-state index contributed by atoms with van der Waals surface area (Å²) < 4.78 is 9.71. The zero-order chi connectivity index (χ0) is 21.8. The lowest BCUT2D eigenvalue weighted by Gasteiger charge is -2.14. The predicted octanol–water partition coefficient (Wildman–Crippen LogP) is 4.31. The zero-order valence-electron chi connectivity index (χ0n) is 17.7. The van der Waals surface area contributed by atoms with Gasteiger partial charge in [-0.25, -0.2) is 9.67 Å². The van der Waals surface area contributed by atoms with Crippen molar-refractivity contribution >= 4 is 35.1 Å². The van der Waals surface area contributed by atoms with Gasteiger partial charge in [0.1, 0.15) is 5.82 Å². The number of nitrogens with one attached hydrogen (secondary N) is 1. The fourth-order valence-corrected chi connectivity index (χ4v) is 4.74. The maximum Gasteiger partial charge on any atom is 0.235 e. The lowest BCUT2D eigenvalue weighted by atomic mass is 10.2. The molecular weight excluding hydrogens is 434 g/mol. The third-order valence-corrected chi connectivity index (χ3v) is 6.58. The monoisotopic (exact) mass is 459 g/mol. The Kier molecular flexibility index (Phi) is 6.99. The molecule has 0 spiro atoms. The number of thioether (sulfide) groups is 1. The molecule has 1 fully saturated rings. The van der Waals surface area contributed by atoms with Crippen LogP contribution in [0.3, 0.4) is 0 Å². The van der Waals surface area contributed by atoms with Crippen molar-refractivity contribution in [1.29, 1.82) is 0 Å². The second-order valence-electron chi connectivity index (χ2n) is 7.65. The Morgan fingerprint density at radius 1 is 1.35 bits per heavy atom. The van der Waals surface area contributed by atoms with Crippen LogP contribution in [-0.4, -0.2) is 43.7 Å². The molecule has 1 saturated heterocycles. The van der Waals surface area contributed by atoms with E-state index in [1.807, 2.05) is 31.2 Å². The van der Waals surface area contributed by atoms with Gasteiger partial charge in [-0.05, 0) is 44.4 Å². The van der Waals surface area contributed by atoms with E-state index in [1.165, 1.54) is 11.8 Å². The van der Waals surface area contributed by atoms with E-state index in [4.69, 9.17) is 16.3 Å². The Balaban J connectivity index is 1.37. The van der Waals surface area contributed by atoms with Crippen molar-refractivity contribution in [3.63, 3.8) is 0 Å². The molecule has 31 heavy (non-hydrogen) atoms. The van der Waals surface area contributed by atoms with Gasteiger partial charge in [-0.1, -0.05) is 35.5 Å². The number of anilines is 1. The molecule has 4 rings (SSSR count). The number of nitrogens with zero attached hydrogens (tertiary/aromatic N) is 4. The van der Waals surface area contributed by atoms with Crippen molar-refractivity contribution in [3.05, 3.63) is 58.5 Å². The Bertz CT molecular complexity index is 1060. The van der Waals surface area contributed by atoms with E-state index in [9.17, 15) is 4.79 Å². The Labute approximate surface area is 191 Å². The summed E-state index contributed by atoms with van der Waals surface area (Å²) in [4.78, 5) is 17.3. The molecular formula is C22H26ClN5O2S. The first-order valence-corrected chi connectivity index (χ1v) is 11.7. The van der Waals surface area contributed by atoms with Crippen LogP contribution in [0.5, 0.6) is 0 Å². The molecule has 3 aromatic rings. The molecule has 0 radical (unpaired) electrons. The normalized spacial score (nSPS) is 16.0. The number of aryl methyl sites for hydroxylation is 1. The molecule has 0 unspecified atom stereocenters. The number of hydrogen-bond donors (Lipinski definition) is 1. The largest absolute Gasteiger partial charge is 0.376 e. The van der Waals surface area contributed by atoms with Gasteiger partial charge in [0.15, 0.2) is 5.16 Å². The van der Waals surface area contributed by atoms with E-state index in [0.29, 0.717) is 17.4 Å². The number of carbonyl (C=O) groups excluding carboxylic acids is 1. The van der Waals surface area contributed by atoms with Crippen molar-refractivity contribution in [2.75, 3.05) is 17.7 Å². The zero-order valence-corrected chi connectivity index (χ0v) is 19.2. The summed E-state index contributed by atoms with van der Waals surface area (Å²) in [6, 6.07) is 9.40. The first-order valence-electron chi connectivity index (χ1n) is 10.3. The highest BCUT2D eigenvalue weighted by molar-refractivity contribution is 7.99. The van der Waals surface area contributed by atoms with E-state index in [1.54, 1.807) is 16.9 Å².